The summed E-state index contributed by atoms with van der Waals surface area (Å²) in [6.45, 7) is 4.44. The molecule has 1 amide bonds. The van der Waals surface area contributed by atoms with Crippen molar-refractivity contribution < 1.29 is 23.2 Å². The molecule has 2 aromatic carbocycles. The van der Waals surface area contributed by atoms with Crippen molar-refractivity contribution in [2.75, 3.05) is 33.9 Å². The fourth-order valence-corrected chi connectivity index (χ4v) is 5.81. The minimum absolute atomic E-state index is 0. The van der Waals surface area contributed by atoms with Gasteiger partial charge in [0.05, 0.1) is 11.6 Å². The zero-order chi connectivity index (χ0) is 22.1. The SMILES string of the molecule is Cc1ccc(Oc2ccc(S(=O)(=O)C3(C(=O)NO)CN(C)CN(C)C3)cc2)cc1C.Cl.Cl. The predicted molar refractivity (Wildman–Crippen MR) is 127 cm³/mol. The van der Waals surface area contributed by atoms with Crippen LogP contribution in [0.25, 0.3) is 0 Å². The van der Waals surface area contributed by atoms with Gasteiger partial charge < -0.3 is 4.74 Å². The number of hydroxylamine groups is 1. The molecule has 3 rings (SSSR count). The van der Waals surface area contributed by atoms with E-state index in [9.17, 15) is 18.4 Å². The first-order chi connectivity index (χ1) is 14.1. The molecule has 0 bridgehead atoms. The maximum atomic E-state index is 13.5. The minimum Gasteiger partial charge on any atom is -0.457 e. The number of ether oxygens (including phenoxy) is 1. The fourth-order valence-electron chi connectivity index (χ4n) is 3.80. The summed E-state index contributed by atoms with van der Waals surface area (Å²) in [6.07, 6.45) is 0. The number of rotatable bonds is 5. The molecule has 11 heteroatoms. The molecular weight excluding hydrogens is 477 g/mol. The number of carbonyl (C=O) groups is 1. The van der Waals surface area contributed by atoms with Crippen LogP contribution in [-0.4, -0.2) is 67.9 Å². The first-order valence-electron chi connectivity index (χ1n) is 9.50. The molecule has 1 aliphatic rings. The average molecular weight is 506 g/mol. The van der Waals surface area contributed by atoms with Gasteiger partial charge in [0, 0.05) is 13.1 Å². The van der Waals surface area contributed by atoms with Crippen molar-refractivity contribution in [1.29, 1.82) is 0 Å². The molecule has 1 aliphatic heterocycles. The van der Waals surface area contributed by atoms with E-state index in [2.05, 4.69) is 0 Å². The van der Waals surface area contributed by atoms with Gasteiger partial charge in [0.15, 0.2) is 14.6 Å². The Bertz CT molecular complexity index is 1040. The number of nitrogens with zero attached hydrogens (tertiary/aromatic N) is 2. The van der Waals surface area contributed by atoms with Crippen LogP contribution in [0.4, 0.5) is 0 Å². The number of sulfone groups is 1. The van der Waals surface area contributed by atoms with Crippen LogP contribution < -0.4 is 10.2 Å². The summed E-state index contributed by atoms with van der Waals surface area (Å²) in [5, 5.41) is 9.26. The number of carbonyl (C=O) groups excluding carboxylic acids is 1. The van der Waals surface area contributed by atoms with Crippen molar-refractivity contribution in [2.24, 2.45) is 0 Å². The molecule has 0 radical (unpaired) electrons. The highest BCUT2D eigenvalue weighted by atomic mass is 35.5. The average Bonchev–Trinajstić information content (AvgIpc) is 2.69. The van der Waals surface area contributed by atoms with Gasteiger partial charge in [-0.05, 0) is 75.5 Å². The van der Waals surface area contributed by atoms with E-state index in [4.69, 9.17) is 4.74 Å². The van der Waals surface area contributed by atoms with Crippen molar-refractivity contribution >= 4 is 40.6 Å². The quantitative estimate of drug-likeness (QED) is 0.475. The van der Waals surface area contributed by atoms with E-state index in [1.54, 1.807) is 41.5 Å². The Morgan fingerprint density at radius 2 is 1.50 bits per heavy atom. The molecule has 178 valence electrons. The Kier molecular flexibility index (Phi) is 9.52. The van der Waals surface area contributed by atoms with Gasteiger partial charge >= 0.3 is 0 Å². The van der Waals surface area contributed by atoms with Gasteiger partial charge in [-0.15, -0.1) is 24.8 Å². The van der Waals surface area contributed by atoms with Gasteiger partial charge in [-0.3, -0.25) is 19.8 Å². The van der Waals surface area contributed by atoms with Gasteiger partial charge in [-0.2, -0.15) is 0 Å². The highest BCUT2D eigenvalue weighted by molar-refractivity contribution is 7.93. The molecule has 0 aliphatic carbocycles. The maximum absolute atomic E-state index is 13.5. The lowest BCUT2D eigenvalue weighted by Crippen LogP contribution is -2.67. The molecule has 0 spiro atoms. The molecule has 2 N–H and O–H groups in total. The molecule has 0 saturated carbocycles. The second-order valence-corrected chi connectivity index (χ2v) is 10.2. The van der Waals surface area contributed by atoms with Gasteiger partial charge in [-0.1, -0.05) is 6.07 Å². The smallest absolute Gasteiger partial charge is 0.267 e. The van der Waals surface area contributed by atoms with Crippen LogP contribution in [0.5, 0.6) is 11.5 Å². The summed E-state index contributed by atoms with van der Waals surface area (Å²) in [5.74, 6) is 0.187. The van der Waals surface area contributed by atoms with E-state index in [-0.39, 0.29) is 42.8 Å². The first-order valence-corrected chi connectivity index (χ1v) is 11.0. The monoisotopic (exact) mass is 505 g/mol. The lowest BCUT2D eigenvalue weighted by molar-refractivity contribution is -0.134. The molecule has 2 aromatic rings. The van der Waals surface area contributed by atoms with E-state index in [1.165, 1.54) is 12.1 Å². The van der Waals surface area contributed by atoms with Crippen LogP contribution in [0.1, 0.15) is 11.1 Å². The Balaban J connectivity index is 0.00000256. The number of amides is 1. The molecule has 8 nitrogen and oxygen atoms in total. The molecule has 0 atom stereocenters. The third-order valence-corrected chi connectivity index (χ3v) is 7.78. The summed E-state index contributed by atoms with van der Waals surface area (Å²) in [6, 6.07) is 11.7. The molecule has 0 aromatic heterocycles. The summed E-state index contributed by atoms with van der Waals surface area (Å²) in [7, 11) is -0.659. The standard InChI is InChI=1S/C21H27N3O5S.2ClH/c1-15-5-6-18(11-16(15)2)29-17-7-9-19(10-8-17)30(27,28)21(20(25)22-26)12-23(3)14-24(4)13-21;;/h5-11,26H,12-14H2,1-4H3,(H,22,25);2*1H. The van der Waals surface area contributed by atoms with Gasteiger partial charge in [0.2, 0.25) is 0 Å². The second kappa shape index (κ2) is 10.8. The van der Waals surface area contributed by atoms with Crippen molar-refractivity contribution in [3.8, 4) is 11.5 Å². The largest absolute Gasteiger partial charge is 0.457 e. The number of hydrogen-bond acceptors (Lipinski definition) is 7. The summed E-state index contributed by atoms with van der Waals surface area (Å²) in [5.41, 5.74) is 3.79. The molecule has 32 heavy (non-hydrogen) atoms. The Morgan fingerprint density at radius 3 is 2.00 bits per heavy atom. The van der Waals surface area contributed by atoms with E-state index in [0.29, 0.717) is 18.2 Å². The Hall–Kier alpha value is -1.88. The van der Waals surface area contributed by atoms with Crippen molar-refractivity contribution in [3.05, 3.63) is 53.6 Å². The zero-order valence-electron chi connectivity index (χ0n) is 18.4. The molecule has 1 fully saturated rings. The van der Waals surface area contributed by atoms with Crippen molar-refractivity contribution in [1.82, 2.24) is 15.3 Å². The molecule has 1 saturated heterocycles. The highest BCUT2D eigenvalue weighted by Gasteiger charge is 2.54. The van der Waals surface area contributed by atoms with E-state index < -0.39 is 20.5 Å². The van der Waals surface area contributed by atoms with Crippen LogP contribution >= 0.6 is 24.8 Å². The first kappa shape index (κ1) is 28.2. The summed E-state index contributed by atoms with van der Waals surface area (Å²) >= 11 is 0. The van der Waals surface area contributed by atoms with Crippen LogP contribution in [0.2, 0.25) is 0 Å². The maximum Gasteiger partial charge on any atom is 0.267 e. The number of hydrogen-bond donors (Lipinski definition) is 2. The van der Waals surface area contributed by atoms with E-state index in [0.717, 1.165) is 11.1 Å². The van der Waals surface area contributed by atoms with Gasteiger partial charge in [0.1, 0.15) is 11.5 Å². The van der Waals surface area contributed by atoms with Crippen LogP contribution in [0.15, 0.2) is 47.4 Å². The predicted octanol–water partition coefficient (Wildman–Crippen LogP) is 2.79. The number of benzene rings is 2. The minimum atomic E-state index is -4.11. The van der Waals surface area contributed by atoms with Gasteiger partial charge in [0.25, 0.3) is 5.91 Å². The summed E-state index contributed by atoms with van der Waals surface area (Å²) < 4.78 is 31.0. The third-order valence-electron chi connectivity index (χ3n) is 5.41. The lowest BCUT2D eigenvalue weighted by Gasteiger charge is -2.43. The van der Waals surface area contributed by atoms with Crippen molar-refractivity contribution in [2.45, 2.75) is 23.5 Å². The van der Waals surface area contributed by atoms with Crippen LogP contribution in [-0.2, 0) is 14.6 Å². The zero-order valence-corrected chi connectivity index (χ0v) is 20.8. The summed E-state index contributed by atoms with van der Waals surface area (Å²) in [4.78, 5) is 16.0. The van der Waals surface area contributed by atoms with Gasteiger partial charge in [-0.25, -0.2) is 13.9 Å². The number of halogens is 2. The molecule has 0 unspecified atom stereocenters. The van der Waals surface area contributed by atoms with Crippen LogP contribution in [0.3, 0.4) is 0 Å². The Labute approximate surface area is 201 Å². The second-order valence-electron chi connectivity index (χ2n) is 7.93. The highest BCUT2D eigenvalue weighted by Crippen LogP contribution is 2.32. The molecular formula is C21H29Cl2N3O5S. The number of aryl methyl sites for hydroxylation is 2. The number of nitrogens with one attached hydrogen (secondary N) is 1. The van der Waals surface area contributed by atoms with E-state index in [1.807, 2.05) is 32.0 Å². The Morgan fingerprint density at radius 1 is 0.969 bits per heavy atom. The third kappa shape index (κ3) is 5.36. The van der Waals surface area contributed by atoms with E-state index >= 15 is 0 Å². The topological polar surface area (TPSA) is 99.2 Å². The molecule has 1 heterocycles. The van der Waals surface area contributed by atoms with Crippen LogP contribution in [0, 0.1) is 13.8 Å². The normalized spacial score (nSPS) is 16.4. The fraction of sp³-hybridized carbons (Fsp3) is 0.381. The lowest BCUT2D eigenvalue weighted by atomic mass is 10.1. The van der Waals surface area contributed by atoms with Crippen molar-refractivity contribution in [3.63, 3.8) is 0 Å².